The molecule has 1 amide bonds. The van der Waals surface area contributed by atoms with E-state index in [-0.39, 0.29) is 11.9 Å². The number of hydrogen-bond acceptors (Lipinski definition) is 3. The zero-order chi connectivity index (χ0) is 15.3. The molecule has 0 radical (unpaired) electrons. The standard InChI is InChI=1S/C17H22N2O2/c1-13(19-16(20)17(2)9-5-11-21-17)15-8-3-6-14(12-15)7-4-10-18/h3,6,8,12-13H,5,9-11,18H2,1-2H3,(H,19,20). The van der Waals surface area contributed by atoms with E-state index in [1.165, 1.54) is 0 Å². The minimum atomic E-state index is -0.689. The number of benzene rings is 1. The van der Waals surface area contributed by atoms with E-state index in [1.807, 2.05) is 38.1 Å². The summed E-state index contributed by atoms with van der Waals surface area (Å²) in [6.45, 7) is 4.81. The fourth-order valence-corrected chi connectivity index (χ4v) is 2.43. The number of rotatable bonds is 3. The SMILES string of the molecule is CC(NC(=O)C1(C)CCCO1)c1cccc(C#CCN)c1. The van der Waals surface area contributed by atoms with E-state index in [1.54, 1.807) is 0 Å². The topological polar surface area (TPSA) is 64.3 Å². The summed E-state index contributed by atoms with van der Waals surface area (Å²) in [7, 11) is 0. The maximum absolute atomic E-state index is 12.3. The molecular formula is C17H22N2O2. The second kappa shape index (κ2) is 6.75. The molecule has 1 aliphatic rings. The minimum Gasteiger partial charge on any atom is -0.365 e. The van der Waals surface area contributed by atoms with Gasteiger partial charge in [-0.25, -0.2) is 0 Å². The summed E-state index contributed by atoms with van der Waals surface area (Å²) in [4.78, 5) is 12.3. The fraction of sp³-hybridized carbons (Fsp3) is 0.471. The first kappa shape index (κ1) is 15.6. The normalized spacial score (nSPS) is 22.2. The van der Waals surface area contributed by atoms with Crippen LogP contribution in [0.15, 0.2) is 24.3 Å². The van der Waals surface area contributed by atoms with E-state index in [0.29, 0.717) is 13.2 Å². The second-order valence-corrected chi connectivity index (χ2v) is 5.51. The summed E-state index contributed by atoms with van der Waals surface area (Å²) >= 11 is 0. The molecule has 4 nitrogen and oxygen atoms in total. The highest BCUT2D eigenvalue weighted by molar-refractivity contribution is 5.85. The molecule has 0 aromatic heterocycles. The van der Waals surface area contributed by atoms with Gasteiger partial charge < -0.3 is 15.8 Å². The third-order valence-corrected chi connectivity index (χ3v) is 3.77. The molecule has 1 aromatic carbocycles. The molecule has 1 fully saturated rings. The van der Waals surface area contributed by atoms with Crippen molar-refractivity contribution >= 4 is 5.91 Å². The molecule has 1 aliphatic heterocycles. The first-order valence-corrected chi connectivity index (χ1v) is 7.29. The van der Waals surface area contributed by atoms with Crippen LogP contribution in [0.1, 0.15) is 43.9 Å². The molecule has 2 rings (SSSR count). The van der Waals surface area contributed by atoms with Crippen LogP contribution >= 0.6 is 0 Å². The lowest BCUT2D eigenvalue weighted by molar-refractivity contribution is -0.140. The minimum absolute atomic E-state index is 0.0501. The van der Waals surface area contributed by atoms with Crippen molar-refractivity contribution in [2.75, 3.05) is 13.2 Å². The van der Waals surface area contributed by atoms with Gasteiger partial charge in [-0.05, 0) is 44.4 Å². The smallest absolute Gasteiger partial charge is 0.252 e. The predicted molar refractivity (Wildman–Crippen MR) is 82.5 cm³/mol. The van der Waals surface area contributed by atoms with Gasteiger partial charge in [0.1, 0.15) is 5.60 Å². The molecule has 0 saturated carbocycles. The molecule has 1 heterocycles. The summed E-state index contributed by atoms with van der Waals surface area (Å²) in [6, 6.07) is 7.74. The number of ether oxygens (including phenoxy) is 1. The van der Waals surface area contributed by atoms with Gasteiger partial charge in [-0.15, -0.1) is 0 Å². The molecule has 1 aromatic rings. The van der Waals surface area contributed by atoms with Crippen molar-refractivity contribution in [3.8, 4) is 11.8 Å². The Morgan fingerprint density at radius 1 is 1.57 bits per heavy atom. The molecule has 4 heteroatoms. The maximum Gasteiger partial charge on any atom is 0.252 e. The van der Waals surface area contributed by atoms with Gasteiger partial charge in [0.15, 0.2) is 0 Å². The Balaban J connectivity index is 2.06. The van der Waals surface area contributed by atoms with Crippen molar-refractivity contribution in [3.63, 3.8) is 0 Å². The number of hydrogen-bond donors (Lipinski definition) is 2. The third kappa shape index (κ3) is 3.84. The third-order valence-electron chi connectivity index (χ3n) is 3.77. The summed E-state index contributed by atoms with van der Waals surface area (Å²) in [5.74, 6) is 5.79. The molecule has 112 valence electrons. The Kier molecular flexibility index (Phi) is 5.00. The zero-order valence-corrected chi connectivity index (χ0v) is 12.6. The van der Waals surface area contributed by atoms with Crippen LogP contribution in [0, 0.1) is 11.8 Å². The van der Waals surface area contributed by atoms with Crippen LogP contribution in [0.3, 0.4) is 0 Å². The first-order chi connectivity index (χ1) is 10.0. The Bertz CT molecular complexity index is 566. The van der Waals surface area contributed by atoms with E-state index in [0.717, 1.165) is 24.0 Å². The number of nitrogens with two attached hydrogens (primary N) is 1. The van der Waals surface area contributed by atoms with Gasteiger partial charge in [-0.2, -0.15) is 0 Å². The Morgan fingerprint density at radius 3 is 3.05 bits per heavy atom. The van der Waals surface area contributed by atoms with Gasteiger partial charge in [0.2, 0.25) is 0 Å². The largest absolute Gasteiger partial charge is 0.365 e. The Morgan fingerprint density at radius 2 is 2.38 bits per heavy atom. The summed E-state index contributed by atoms with van der Waals surface area (Å²) in [5.41, 5.74) is 6.62. The highest BCUT2D eigenvalue weighted by Gasteiger charge is 2.38. The number of carbonyl (C=O) groups is 1. The lowest BCUT2D eigenvalue weighted by Gasteiger charge is -2.25. The monoisotopic (exact) mass is 286 g/mol. The van der Waals surface area contributed by atoms with E-state index in [4.69, 9.17) is 10.5 Å². The summed E-state index contributed by atoms with van der Waals surface area (Å²) < 4.78 is 5.57. The summed E-state index contributed by atoms with van der Waals surface area (Å²) in [5, 5.41) is 3.03. The van der Waals surface area contributed by atoms with E-state index in [9.17, 15) is 4.79 Å². The zero-order valence-electron chi connectivity index (χ0n) is 12.6. The van der Waals surface area contributed by atoms with Crippen molar-refractivity contribution in [1.82, 2.24) is 5.32 Å². The quantitative estimate of drug-likeness (QED) is 0.832. The summed E-state index contributed by atoms with van der Waals surface area (Å²) in [6.07, 6.45) is 1.70. The van der Waals surface area contributed by atoms with Crippen molar-refractivity contribution in [3.05, 3.63) is 35.4 Å². The van der Waals surface area contributed by atoms with Crippen molar-refractivity contribution < 1.29 is 9.53 Å². The van der Waals surface area contributed by atoms with E-state index >= 15 is 0 Å². The van der Waals surface area contributed by atoms with Crippen LogP contribution in [-0.2, 0) is 9.53 Å². The van der Waals surface area contributed by atoms with E-state index < -0.39 is 5.60 Å². The molecule has 0 bridgehead atoms. The van der Waals surface area contributed by atoms with Crippen LogP contribution in [0.4, 0.5) is 0 Å². The number of amides is 1. The van der Waals surface area contributed by atoms with Crippen LogP contribution in [-0.4, -0.2) is 24.7 Å². The van der Waals surface area contributed by atoms with Gasteiger partial charge in [0.05, 0.1) is 12.6 Å². The molecule has 0 spiro atoms. The van der Waals surface area contributed by atoms with Gasteiger partial charge in [-0.1, -0.05) is 24.0 Å². The molecule has 2 unspecified atom stereocenters. The fourth-order valence-electron chi connectivity index (χ4n) is 2.43. The molecule has 21 heavy (non-hydrogen) atoms. The lowest BCUT2D eigenvalue weighted by atomic mass is 10.00. The second-order valence-electron chi connectivity index (χ2n) is 5.51. The van der Waals surface area contributed by atoms with Gasteiger partial charge in [0.25, 0.3) is 5.91 Å². The first-order valence-electron chi connectivity index (χ1n) is 7.29. The molecule has 1 saturated heterocycles. The highest BCUT2D eigenvalue weighted by atomic mass is 16.5. The number of nitrogens with one attached hydrogen (secondary N) is 1. The Labute approximate surface area is 126 Å². The average molecular weight is 286 g/mol. The van der Waals surface area contributed by atoms with Crippen LogP contribution in [0.2, 0.25) is 0 Å². The van der Waals surface area contributed by atoms with Gasteiger partial charge in [-0.3, -0.25) is 4.79 Å². The average Bonchev–Trinajstić information content (AvgIpc) is 2.93. The van der Waals surface area contributed by atoms with Crippen LogP contribution < -0.4 is 11.1 Å². The molecule has 0 aliphatic carbocycles. The molecule has 3 N–H and O–H groups in total. The maximum atomic E-state index is 12.3. The van der Waals surface area contributed by atoms with E-state index in [2.05, 4.69) is 17.2 Å². The predicted octanol–water partition coefficient (Wildman–Crippen LogP) is 1.74. The molecule has 2 atom stereocenters. The van der Waals surface area contributed by atoms with Gasteiger partial charge in [0, 0.05) is 12.2 Å². The lowest BCUT2D eigenvalue weighted by Crippen LogP contribution is -2.44. The molecular weight excluding hydrogens is 264 g/mol. The number of carbonyl (C=O) groups excluding carboxylic acids is 1. The Hall–Kier alpha value is -1.83. The van der Waals surface area contributed by atoms with Crippen molar-refractivity contribution in [1.29, 1.82) is 0 Å². The van der Waals surface area contributed by atoms with Crippen LogP contribution in [0.25, 0.3) is 0 Å². The highest BCUT2D eigenvalue weighted by Crippen LogP contribution is 2.26. The van der Waals surface area contributed by atoms with Gasteiger partial charge >= 0.3 is 0 Å². The van der Waals surface area contributed by atoms with Crippen LogP contribution in [0.5, 0.6) is 0 Å². The van der Waals surface area contributed by atoms with Crippen molar-refractivity contribution in [2.24, 2.45) is 5.73 Å². The van der Waals surface area contributed by atoms with Crippen molar-refractivity contribution in [2.45, 2.75) is 38.3 Å².